The van der Waals surface area contributed by atoms with Gasteiger partial charge in [0.1, 0.15) is 5.75 Å². The zero-order valence-electron chi connectivity index (χ0n) is 12.3. The van der Waals surface area contributed by atoms with Crippen LogP contribution in [0.15, 0.2) is 48.5 Å². The largest absolute Gasteiger partial charge is 0.497 e. The van der Waals surface area contributed by atoms with E-state index in [0.717, 1.165) is 23.7 Å². The first-order valence-electron chi connectivity index (χ1n) is 6.98. The highest BCUT2D eigenvalue weighted by molar-refractivity contribution is 5.90. The Bertz CT molecular complexity index is 577. The normalized spacial score (nSPS) is 10.0. The number of rotatable bonds is 6. The number of hydrogen-bond donors (Lipinski definition) is 2. The van der Waals surface area contributed by atoms with Crippen LogP contribution in [0, 0.1) is 0 Å². The lowest BCUT2D eigenvalue weighted by atomic mass is 10.2. The Morgan fingerprint density at radius 1 is 1.00 bits per heavy atom. The maximum Gasteiger partial charge on any atom is 0.224 e. The summed E-state index contributed by atoms with van der Waals surface area (Å²) < 4.78 is 5.13. The summed E-state index contributed by atoms with van der Waals surface area (Å²) in [7, 11) is 1.66. The molecule has 0 saturated heterocycles. The molecule has 0 aliphatic heterocycles. The molecule has 1 amide bonds. The van der Waals surface area contributed by atoms with Gasteiger partial charge in [0.2, 0.25) is 5.91 Å². The Morgan fingerprint density at radius 3 is 2.19 bits per heavy atom. The first kappa shape index (κ1) is 14.9. The van der Waals surface area contributed by atoms with E-state index in [1.165, 1.54) is 5.56 Å². The molecule has 4 nitrogen and oxygen atoms in total. The van der Waals surface area contributed by atoms with E-state index in [2.05, 4.69) is 10.6 Å². The fraction of sp³-hybridized carbons (Fsp3) is 0.235. The molecule has 0 aliphatic rings. The quantitative estimate of drug-likeness (QED) is 0.851. The van der Waals surface area contributed by atoms with Crippen LogP contribution in [-0.2, 0) is 11.3 Å². The second-order valence-electron chi connectivity index (χ2n) is 4.68. The Hall–Kier alpha value is -2.49. The Balaban J connectivity index is 1.89. The van der Waals surface area contributed by atoms with E-state index in [9.17, 15) is 4.79 Å². The van der Waals surface area contributed by atoms with Gasteiger partial charge in [0, 0.05) is 24.3 Å². The van der Waals surface area contributed by atoms with Gasteiger partial charge in [-0.25, -0.2) is 0 Å². The van der Waals surface area contributed by atoms with Gasteiger partial charge in [0.15, 0.2) is 0 Å². The number of ether oxygens (including phenoxy) is 1. The summed E-state index contributed by atoms with van der Waals surface area (Å²) >= 11 is 0. The maximum absolute atomic E-state index is 11.3. The SMILES string of the molecule is CCC(=O)Nc1ccc(NCc2ccc(OC)cc2)cc1. The van der Waals surface area contributed by atoms with Crippen LogP contribution in [0.4, 0.5) is 11.4 Å². The molecule has 21 heavy (non-hydrogen) atoms. The minimum atomic E-state index is 0.0222. The van der Waals surface area contributed by atoms with Crippen LogP contribution in [0.3, 0.4) is 0 Å². The third-order valence-corrected chi connectivity index (χ3v) is 3.15. The molecule has 0 atom stereocenters. The fourth-order valence-electron chi connectivity index (χ4n) is 1.87. The van der Waals surface area contributed by atoms with Crippen molar-refractivity contribution in [1.82, 2.24) is 0 Å². The number of nitrogens with one attached hydrogen (secondary N) is 2. The molecule has 0 fully saturated rings. The van der Waals surface area contributed by atoms with Crippen molar-refractivity contribution in [3.63, 3.8) is 0 Å². The molecule has 0 radical (unpaired) electrons. The van der Waals surface area contributed by atoms with Gasteiger partial charge in [-0.1, -0.05) is 19.1 Å². The molecule has 0 unspecified atom stereocenters. The fourth-order valence-corrected chi connectivity index (χ4v) is 1.87. The van der Waals surface area contributed by atoms with Crippen LogP contribution in [-0.4, -0.2) is 13.0 Å². The van der Waals surface area contributed by atoms with Gasteiger partial charge < -0.3 is 15.4 Å². The monoisotopic (exact) mass is 284 g/mol. The lowest BCUT2D eigenvalue weighted by Crippen LogP contribution is -2.09. The summed E-state index contributed by atoms with van der Waals surface area (Å²) in [4.78, 5) is 11.3. The molecule has 0 aromatic heterocycles. The van der Waals surface area contributed by atoms with Crippen molar-refractivity contribution >= 4 is 17.3 Å². The molecule has 0 saturated carbocycles. The zero-order valence-corrected chi connectivity index (χ0v) is 12.3. The first-order chi connectivity index (χ1) is 10.2. The predicted molar refractivity (Wildman–Crippen MR) is 85.7 cm³/mol. The molecule has 0 heterocycles. The molecule has 2 aromatic rings. The highest BCUT2D eigenvalue weighted by Gasteiger charge is 1.99. The van der Waals surface area contributed by atoms with Crippen molar-refractivity contribution in [2.45, 2.75) is 19.9 Å². The molecule has 0 spiro atoms. The first-order valence-corrected chi connectivity index (χ1v) is 6.98. The smallest absolute Gasteiger partial charge is 0.224 e. The summed E-state index contributed by atoms with van der Waals surface area (Å²) in [5.74, 6) is 0.878. The zero-order chi connectivity index (χ0) is 15.1. The van der Waals surface area contributed by atoms with Crippen molar-refractivity contribution < 1.29 is 9.53 Å². The molecule has 2 N–H and O–H groups in total. The number of anilines is 2. The Kier molecular flexibility index (Phi) is 5.21. The Labute approximate surface area is 125 Å². The average molecular weight is 284 g/mol. The van der Waals surface area contributed by atoms with E-state index >= 15 is 0 Å². The predicted octanol–water partition coefficient (Wildman–Crippen LogP) is 3.66. The van der Waals surface area contributed by atoms with Crippen LogP contribution in [0.25, 0.3) is 0 Å². The summed E-state index contributed by atoms with van der Waals surface area (Å²) in [6.07, 6.45) is 0.484. The average Bonchev–Trinajstić information content (AvgIpc) is 2.54. The highest BCUT2D eigenvalue weighted by Crippen LogP contribution is 2.16. The maximum atomic E-state index is 11.3. The molecule has 110 valence electrons. The third-order valence-electron chi connectivity index (χ3n) is 3.15. The van der Waals surface area contributed by atoms with E-state index in [-0.39, 0.29) is 5.91 Å². The molecular weight excluding hydrogens is 264 g/mol. The van der Waals surface area contributed by atoms with Crippen molar-refractivity contribution in [2.24, 2.45) is 0 Å². The van der Waals surface area contributed by atoms with E-state index < -0.39 is 0 Å². The lowest BCUT2D eigenvalue weighted by molar-refractivity contribution is -0.115. The standard InChI is InChI=1S/C17H20N2O2/c1-3-17(20)19-15-8-6-14(7-9-15)18-12-13-4-10-16(21-2)11-5-13/h4-11,18H,3,12H2,1-2H3,(H,19,20). The second-order valence-corrected chi connectivity index (χ2v) is 4.68. The Morgan fingerprint density at radius 2 is 1.62 bits per heavy atom. The van der Waals surface area contributed by atoms with Crippen LogP contribution in [0.5, 0.6) is 5.75 Å². The summed E-state index contributed by atoms with van der Waals surface area (Å²) in [6, 6.07) is 15.6. The second kappa shape index (κ2) is 7.33. The number of methoxy groups -OCH3 is 1. The van der Waals surface area contributed by atoms with E-state index in [0.29, 0.717) is 6.42 Å². The molecule has 2 rings (SSSR count). The minimum absolute atomic E-state index is 0.0222. The molecule has 2 aromatic carbocycles. The van der Waals surface area contributed by atoms with Gasteiger partial charge in [-0.15, -0.1) is 0 Å². The summed E-state index contributed by atoms with van der Waals surface area (Å²) in [5.41, 5.74) is 3.01. The molecule has 0 aliphatic carbocycles. The van der Waals surface area contributed by atoms with Gasteiger partial charge in [-0.3, -0.25) is 4.79 Å². The summed E-state index contributed by atoms with van der Waals surface area (Å²) in [6.45, 7) is 2.57. The lowest BCUT2D eigenvalue weighted by Gasteiger charge is -2.09. The van der Waals surface area contributed by atoms with Crippen LogP contribution in [0.2, 0.25) is 0 Å². The molecule has 0 bridgehead atoms. The number of benzene rings is 2. The van der Waals surface area contributed by atoms with Crippen molar-refractivity contribution in [2.75, 3.05) is 17.7 Å². The van der Waals surface area contributed by atoms with E-state index in [1.54, 1.807) is 7.11 Å². The van der Waals surface area contributed by atoms with Gasteiger partial charge in [-0.05, 0) is 42.0 Å². The molecular formula is C17H20N2O2. The van der Waals surface area contributed by atoms with Gasteiger partial charge in [0.05, 0.1) is 7.11 Å². The number of amides is 1. The number of hydrogen-bond acceptors (Lipinski definition) is 3. The van der Waals surface area contributed by atoms with Gasteiger partial charge in [0.25, 0.3) is 0 Å². The van der Waals surface area contributed by atoms with Crippen molar-refractivity contribution in [1.29, 1.82) is 0 Å². The number of carbonyl (C=O) groups is 1. The molecule has 4 heteroatoms. The van der Waals surface area contributed by atoms with Crippen LogP contribution < -0.4 is 15.4 Å². The topological polar surface area (TPSA) is 50.4 Å². The van der Waals surface area contributed by atoms with Gasteiger partial charge in [-0.2, -0.15) is 0 Å². The van der Waals surface area contributed by atoms with Crippen LogP contribution >= 0.6 is 0 Å². The van der Waals surface area contributed by atoms with Crippen molar-refractivity contribution in [3.05, 3.63) is 54.1 Å². The van der Waals surface area contributed by atoms with Crippen LogP contribution in [0.1, 0.15) is 18.9 Å². The van der Waals surface area contributed by atoms with Gasteiger partial charge >= 0.3 is 0 Å². The highest BCUT2D eigenvalue weighted by atomic mass is 16.5. The summed E-state index contributed by atoms with van der Waals surface area (Å²) in [5, 5.41) is 6.16. The van der Waals surface area contributed by atoms with E-state index in [1.807, 2.05) is 55.5 Å². The van der Waals surface area contributed by atoms with Crippen molar-refractivity contribution in [3.8, 4) is 5.75 Å². The minimum Gasteiger partial charge on any atom is -0.497 e. The number of carbonyl (C=O) groups excluding carboxylic acids is 1. The third kappa shape index (κ3) is 4.53. The van der Waals surface area contributed by atoms with E-state index in [4.69, 9.17) is 4.74 Å².